The fourth-order valence-electron chi connectivity index (χ4n) is 3.00. The second kappa shape index (κ2) is 13.7. The van der Waals surface area contributed by atoms with Gasteiger partial charge in [-0.2, -0.15) is 0 Å². The van der Waals surface area contributed by atoms with Gasteiger partial charge in [0.05, 0.1) is 39.6 Å². The average molecular weight is 469 g/mol. The zero-order valence-electron chi connectivity index (χ0n) is 20.0. The van der Waals surface area contributed by atoms with Crippen molar-refractivity contribution in [2.24, 2.45) is 5.41 Å². The zero-order chi connectivity index (χ0) is 25.5. The predicted molar refractivity (Wildman–Crippen MR) is 131 cm³/mol. The lowest BCUT2D eigenvalue weighted by molar-refractivity contribution is -0.168. The average Bonchev–Trinajstić information content (AvgIpc) is 2.91. The molecule has 0 saturated heterocycles. The van der Waals surface area contributed by atoms with Gasteiger partial charge in [0.1, 0.15) is 11.5 Å². The molecule has 0 heterocycles. The Labute approximate surface area is 205 Å². The molecule has 0 aliphatic rings. The molecule has 0 saturated carbocycles. The third-order valence-corrected chi connectivity index (χ3v) is 4.84. The van der Waals surface area contributed by atoms with E-state index < -0.39 is 17.4 Å². The summed E-state index contributed by atoms with van der Waals surface area (Å²) in [5, 5.41) is 0. The van der Waals surface area contributed by atoms with E-state index in [1.165, 1.54) is 14.2 Å². The number of rotatable bonds is 6. The molecule has 0 fully saturated rings. The Balaban J connectivity index is 2.28. The van der Waals surface area contributed by atoms with Crippen molar-refractivity contribution >= 4 is 11.9 Å². The molecule has 0 aliphatic heterocycles. The first-order valence-corrected chi connectivity index (χ1v) is 10.4. The molecule has 0 unspecified atom stereocenters. The highest BCUT2D eigenvalue weighted by molar-refractivity contribution is 6.00. The van der Waals surface area contributed by atoms with Crippen molar-refractivity contribution < 1.29 is 28.5 Å². The first kappa shape index (κ1) is 26.5. The van der Waals surface area contributed by atoms with Gasteiger partial charge in [-0.15, -0.1) is 0 Å². The van der Waals surface area contributed by atoms with Crippen LogP contribution in [0.3, 0.4) is 0 Å². The van der Waals surface area contributed by atoms with Crippen molar-refractivity contribution in [1.82, 2.24) is 0 Å². The molecule has 6 nitrogen and oxygen atoms in total. The minimum absolute atomic E-state index is 0.193. The number of ether oxygens (including phenoxy) is 4. The topological polar surface area (TPSA) is 71.1 Å². The van der Waals surface area contributed by atoms with E-state index in [0.29, 0.717) is 22.6 Å². The first-order valence-electron chi connectivity index (χ1n) is 10.4. The van der Waals surface area contributed by atoms with Crippen LogP contribution in [0.2, 0.25) is 0 Å². The van der Waals surface area contributed by atoms with E-state index in [4.69, 9.17) is 18.9 Å². The lowest BCUT2D eigenvalue weighted by Crippen LogP contribution is -2.40. The maximum absolute atomic E-state index is 12.6. The molecule has 2 aromatic carbocycles. The fourth-order valence-corrected chi connectivity index (χ4v) is 3.00. The number of benzene rings is 2. The van der Waals surface area contributed by atoms with Gasteiger partial charge < -0.3 is 18.9 Å². The summed E-state index contributed by atoms with van der Waals surface area (Å²) >= 11 is 0. The highest BCUT2D eigenvalue weighted by Gasteiger charge is 2.47. The molecular weight excluding hydrogens is 444 g/mol. The van der Waals surface area contributed by atoms with Gasteiger partial charge in [-0.1, -0.05) is 36.1 Å². The molecule has 2 aromatic rings. The van der Waals surface area contributed by atoms with E-state index in [2.05, 4.69) is 47.4 Å². The molecule has 0 amide bonds. The van der Waals surface area contributed by atoms with E-state index in [1.54, 1.807) is 38.5 Å². The standard InChI is InChI=1S/C29H24O6/c1-32-25-19-11-9-17-23(25)15-7-5-13-21-29(27(30)34-3,28(31)35-4)22-14-6-8-16-24-18-10-12-20-26(24)33-2/h9-12,17-20H,21-22H2,1-4H3. The Morgan fingerprint density at radius 2 is 1.06 bits per heavy atom. The van der Waals surface area contributed by atoms with Gasteiger partial charge in [-0.25, -0.2) is 0 Å². The maximum Gasteiger partial charge on any atom is 0.325 e. The van der Waals surface area contributed by atoms with Crippen LogP contribution in [0.25, 0.3) is 0 Å². The minimum atomic E-state index is -1.73. The Bertz CT molecular complexity index is 1210. The van der Waals surface area contributed by atoms with Crippen LogP contribution in [0.15, 0.2) is 48.5 Å². The molecule has 6 heteroatoms. The lowest BCUT2D eigenvalue weighted by atomic mass is 9.81. The van der Waals surface area contributed by atoms with Crippen LogP contribution in [-0.4, -0.2) is 40.4 Å². The number of methoxy groups -OCH3 is 4. The van der Waals surface area contributed by atoms with Crippen LogP contribution in [0, 0.1) is 52.8 Å². The summed E-state index contributed by atoms with van der Waals surface area (Å²) < 4.78 is 20.2. The summed E-state index contributed by atoms with van der Waals surface area (Å²) in [7, 11) is 5.47. The van der Waals surface area contributed by atoms with E-state index in [1.807, 2.05) is 24.3 Å². The summed E-state index contributed by atoms with van der Waals surface area (Å²) in [5.74, 6) is 21.6. The first-order chi connectivity index (χ1) is 17.0. The van der Waals surface area contributed by atoms with Crippen LogP contribution in [0.5, 0.6) is 11.5 Å². The minimum Gasteiger partial charge on any atom is -0.495 e. The molecule has 0 aromatic heterocycles. The van der Waals surface area contributed by atoms with Gasteiger partial charge in [-0.05, 0) is 59.8 Å². The second-order valence-electron chi connectivity index (χ2n) is 6.92. The van der Waals surface area contributed by atoms with Crippen LogP contribution in [-0.2, 0) is 19.1 Å². The Morgan fingerprint density at radius 1 is 0.657 bits per heavy atom. The molecule has 176 valence electrons. The quantitative estimate of drug-likeness (QED) is 0.368. The van der Waals surface area contributed by atoms with Crippen molar-refractivity contribution in [3.63, 3.8) is 0 Å². The van der Waals surface area contributed by atoms with E-state index in [0.717, 1.165) is 0 Å². The van der Waals surface area contributed by atoms with Crippen molar-refractivity contribution in [3.05, 3.63) is 59.7 Å². The van der Waals surface area contributed by atoms with E-state index in [-0.39, 0.29) is 12.8 Å². The van der Waals surface area contributed by atoms with Crippen molar-refractivity contribution in [2.45, 2.75) is 12.8 Å². The molecule has 0 N–H and O–H groups in total. The fraction of sp³-hybridized carbons (Fsp3) is 0.241. The number of carbonyl (C=O) groups is 2. The van der Waals surface area contributed by atoms with Crippen molar-refractivity contribution in [2.75, 3.05) is 28.4 Å². The van der Waals surface area contributed by atoms with Gasteiger partial charge in [0, 0.05) is 12.8 Å². The summed E-state index contributed by atoms with van der Waals surface area (Å²) in [6, 6.07) is 14.5. The summed E-state index contributed by atoms with van der Waals surface area (Å²) in [5.41, 5.74) is -0.408. The SMILES string of the molecule is COC(=O)C(CC#CC#Cc1ccccc1OC)(CC#CC#Cc1ccccc1OC)C(=O)OC. The Morgan fingerprint density at radius 3 is 1.43 bits per heavy atom. The highest BCUT2D eigenvalue weighted by Crippen LogP contribution is 2.29. The van der Waals surface area contributed by atoms with Crippen LogP contribution < -0.4 is 9.47 Å². The van der Waals surface area contributed by atoms with Gasteiger partial charge in [0.25, 0.3) is 0 Å². The molecule has 0 radical (unpaired) electrons. The van der Waals surface area contributed by atoms with E-state index in [9.17, 15) is 9.59 Å². The van der Waals surface area contributed by atoms with Gasteiger partial charge in [-0.3, -0.25) is 9.59 Å². The Kier molecular flexibility index (Phi) is 10.4. The van der Waals surface area contributed by atoms with Crippen LogP contribution in [0.4, 0.5) is 0 Å². The van der Waals surface area contributed by atoms with Crippen LogP contribution >= 0.6 is 0 Å². The highest BCUT2D eigenvalue weighted by atomic mass is 16.5. The normalized spacial score (nSPS) is 9.26. The lowest BCUT2D eigenvalue weighted by Gasteiger charge is -2.23. The largest absolute Gasteiger partial charge is 0.495 e. The molecular formula is C29H24O6. The molecule has 0 bridgehead atoms. The van der Waals surface area contributed by atoms with Gasteiger partial charge in [0.15, 0.2) is 5.41 Å². The maximum atomic E-state index is 12.6. The summed E-state index contributed by atoms with van der Waals surface area (Å²) in [6.07, 6.45) is -0.386. The van der Waals surface area contributed by atoms with Crippen molar-refractivity contribution in [3.8, 4) is 58.9 Å². The third kappa shape index (κ3) is 7.10. The molecule has 2 rings (SSSR count). The number of hydrogen-bond acceptors (Lipinski definition) is 6. The van der Waals surface area contributed by atoms with E-state index >= 15 is 0 Å². The summed E-state index contributed by atoms with van der Waals surface area (Å²) in [4.78, 5) is 25.2. The predicted octanol–water partition coefficient (Wildman–Crippen LogP) is 3.23. The Hall–Kier alpha value is -4.78. The molecule has 35 heavy (non-hydrogen) atoms. The molecule has 0 spiro atoms. The molecule has 0 aliphatic carbocycles. The third-order valence-electron chi connectivity index (χ3n) is 4.84. The second-order valence-corrected chi connectivity index (χ2v) is 6.92. The van der Waals surface area contributed by atoms with Gasteiger partial charge in [0.2, 0.25) is 0 Å². The number of esters is 2. The number of hydrogen-bond donors (Lipinski definition) is 0. The monoisotopic (exact) mass is 468 g/mol. The summed E-state index contributed by atoms with van der Waals surface area (Å²) in [6.45, 7) is 0. The smallest absolute Gasteiger partial charge is 0.325 e. The van der Waals surface area contributed by atoms with Crippen molar-refractivity contribution in [1.29, 1.82) is 0 Å². The number of para-hydroxylation sites is 2. The number of carbonyl (C=O) groups excluding carboxylic acids is 2. The van der Waals surface area contributed by atoms with Gasteiger partial charge >= 0.3 is 11.9 Å². The zero-order valence-corrected chi connectivity index (χ0v) is 20.0. The van der Waals surface area contributed by atoms with Crippen LogP contribution in [0.1, 0.15) is 24.0 Å². The molecule has 0 atom stereocenters.